The summed E-state index contributed by atoms with van der Waals surface area (Å²) in [6.45, 7) is -0.517. The summed E-state index contributed by atoms with van der Waals surface area (Å²) >= 11 is 0. The molecular formula is C8H11F2N3O. The molecule has 6 heteroatoms. The Bertz CT molecular complexity index is 283. The van der Waals surface area contributed by atoms with E-state index in [0.717, 1.165) is 0 Å². The molecule has 0 aliphatic heterocycles. The second-order valence-electron chi connectivity index (χ2n) is 2.56. The van der Waals surface area contributed by atoms with Crippen LogP contribution in [0.3, 0.4) is 0 Å². The van der Waals surface area contributed by atoms with Gasteiger partial charge in [-0.25, -0.2) is 19.6 Å². The van der Waals surface area contributed by atoms with E-state index in [1.807, 2.05) is 0 Å². The number of aromatic nitrogens is 1. The fourth-order valence-electron chi connectivity index (χ4n) is 0.943. The second kappa shape index (κ2) is 5.46. The summed E-state index contributed by atoms with van der Waals surface area (Å²) < 4.78 is 28.2. The lowest BCUT2D eigenvalue weighted by Crippen LogP contribution is -2.12. The van der Waals surface area contributed by atoms with E-state index in [4.69, 9.17) is 10.6 Å². The fourth-order valence-corrected chi connectivity index (χ4v) is 0.943. The minimum Gasteiger partial charge on any atom is -0.371 e. The van der Waals surface area contributed by atoms with E-state index < -0.39 is 13.0 Å². The summed E-state index contributed by atoms with van der Waals surface area (Å²) in [4.78, 5) is 3.89. The Morgan fingerprint density at radius 1 is 1.57 bits per heavy atom. The van der Waals surface area contributed by atoms with Gasteiger partial charge >= 0.3 is 0 Å². The zero-order valence-corrected chi connectivity index (χ0v) is 7.41. The third-order valence-corrected chi connectivity index (χ3v) is 1.53. The number of nitrogens with zero attached hydrogens (tertiary/aromatic N) is 1. The zero-order valence-electron chi connectivity index (χ0n) is 7.41. The lowest BCUT2D eigenvalue weighted by Gasteiger charge is -2.07. The lowest BCUT2D eigenvalue weighted by molar-refractivity contribution is 0.00997. The van der Waals surface area contributed by atoms with E-state index in [9.17, 15) is 8.78 Å². The summed E-state index contributed by atoms with van der Waals surface area (Å²) in [6, 6.07) is 3.38. The standard InChI is InChI=1S/C8H11F2N3O/c9-7(10)5-14-4-6-2-1-3-12-8(6)13-11/h1-3,7H,4-5,11H2,(H,12,13). The van der Waals surface area contributed by atoms with Crippen molar-refractivity contribution >= 4 is 5.82 Å². The average Bonchev–Trinajstić information content (AvgIpc) is 2.18. The van der Waals surface area contributed by atoms with Gasteiger partial charge in [0, 0.05) is 11.8 Å². The number of nitrogen functional groups attached to an aromatic ring is 1. The Morgan fingerprint density at radius 3 is 3.00 bits per heavy atom. The highest BCUT2D eigenvalue weighted by Crippen LogP contribution is 2.11. The van der Waals surface area contributed by atoms with Crippen molar-refractivity contribution in [2.45, 2.75) is 13.0 Å². The highest BCUT2D eigenvalue weighted by molar-refractivity contribution is 5.41. The van der Waals surface area contributed by atoms with Gasteiger partial charge in [0.2, 0.25) is 0 Å². The van der Waals surface area contributed by atoms with Crippen molar-refractivity contribution in [1.29, 1.82) is 0 Å². The van der Waals surface area contributed by atoms with Crippen LogP contribution in [0.25, 0.3) is 0 Å². The fraction of sp³-hybridized carbons (Fsp3) is 0.375. The van der Waals surface area contributed by atoms with Crippen LogP contribution in [-0.2, 0) is 11.3 Å². The lowest BCUT2D eigenvalue weighted by atomic mass is 10.3. The van der Waals surface area contributed by atoms with Crippen LogP contribution in [0.5, 0.6) is 0 Å². The molecule has 0 bridgehead atoms. The molecule has 14 heavy (non-hydrogen) atoms. The Balaban J connectivity index is 2.49. The van der Waals surface area contributed by atoms with Gasteiger partial charge in [0.05, 0.1) is 6.61 Å². The van der Waals surface area contributed by atoms with Crippen LogP contribution in [0.1, 0.15) is 5.56 Å². The molecule has 0 aliphatic carbocycles. The van der Waals surface area contributed by atoms with Gasteiger partial charge in [0.15, 0.2) is 0 Å². The van der Waals surface area contributed by atoms with E-state index in [1.165, 1.54) is 0 Å². The van der Waals surface area contributed by atoms with E-state index in [2.05, 4.69) is 10.4 Å². The molecule has 0 atom stereocenters. The maximum atomic E-state index is 11.7. The van der Waals surface area contributed by atoms with Crippen LogP contribution in [0.2, 0.25) is 0 Å². The number of rotatable bonds is 5. The third kappa shape index (κ3) is 3.23. The number of anilines is 1. The van der Waals surface area contributed by atoms with Gasteiger partial charge in [0.1, 0.15) is 12.4 Å². The van der Waals surface area contributed by atoms with E-state index in [0.29, 0.717) is 11.4 Å². The Kier molecular flexibility index (Phi) is 4.21. The highest BCUT2D eigenvalue weighted by Gasteiger charge is 2.05. The first-order chi connectivity index (χ1) is 6.74. The summed E-state index contributed by atoms with van der Waals surface area (Å²) in [7, 11) is 0. The van der Waals surface area contributed by atoms with Crippen molar-refractivity contribution in [3.05, 3.63) is 23.9 Å². The number of nitrogens with one attached hydrogen (secondary N) is 1. The monoisotopic (exact) mass is 203 g/mol. The molecule has 1 aromatic heterocycles. The minimum absolute atomic E-state index is 0.0672. The molecule has 0 amide bonds. The summed E-state index contributed by atoms with van der Waals surface area (Å²) in [5.41, 5.74) is 3.00. The summed E-state index contributed by atoms with van der Waals surface area (Å²) in [5, 5.41) is 0. The molecule has 0 unspecified atom stereocenters. The smallest absolute Gasteiger partial charge is 0.261 e. The molecule has 0 saturated carbocycles. The highest BCUT2D eigenvalue weighted by atomic mass is 19.3. The SMILES string of the molecule is NNc1ncccc1COCC(F)F. The van der Waals surface area contributed by atoms with Gasteiger partial charge in [-0.05, 0) is 6.07 Å². The maximum Gasteiger partial charge on any atom is 0.261 e. The number of hydrogen-bond acceptors (Lipinski definition) is 4. The number of hydrogen-bond donors (Lipinski definition) is 2. The number of halogens is 2. The largest absolute Gasteiger partial charge is 0.371 e. The van der Waals surface area contributed by atoms with E-state index in [-0.39, 0.29) is 6.61 Å². The molecule has 0 saturated heterocycles. The van der Waals surface area contributed by atoms with Gasteiger partial charge in [-0.3, -0.25) is 0 Å². The Hall–Kier alpha value is -1.27. The van der Waals surface area contributed by atoms with Crippen LogP contribution >= 0.6 is 0 Å². The molecule has 1 aromatic rings. The second-order valence-corrected chi connectivity index (χ2v) is 2.56. The van der Waals surface area contributed by atoms with Gasteiger partial charge in [-0.15, -0.1) is 0 Å². The zero-order chi connectivity index (χ0) is 10.4. The van der Waals surface area contributed by atoms with Gasteiger partial charge in [-0.2, -0.15) is 0 Å². The topological polar surface area (TPSA) is 60.2 Å². The van der Waals surface area contributed by atoms with Crippen molar-refractivity contribution < 1.29 is 13.5 Å². The molecular weight excluding hydrogens is 192 g/mol. The van der Waals surface area contributed by atoms with Gasteiger partial charge in [0.25, 0.3) is 6.43 Å². The predicted octanol–water partition coefficient (Wildman–Crippen LogP) is 1.15. The maximum absolute atomic E-state index is 11.7. The van der Waals surface area contributed by atoms with Crippen LogP contribution in [0.15, 0.2) is 18.3 Å². The number of ether oxygens (including phenoxy) is 1. The molecule has 0 spiro atoms. The molecule has 1 heterocycles. The van der Waals surface area contributed by atoms with Gasteiger partial charge in [-0.1, -0.05) is 6.07 Å². The van der Waals surface area contributed by atoms with Crippen LogP contribution < -0.4 is 11.3 Å². The van der Waals surface area contributed by atoms with Crippen molar-refractivity contribution in [2.24, 2.45) is 5.84 Å². The number of pyridine rings is 1. The molecule has 0 aliphatic rings. The van der Waals surface area contributed by atoms with Gasteiger partial charge < -0.3 is 10.2 Å². The molecule has 1 rings (SSSR count). The molecule has 78 valence electrons. The van der Waals surface area contributed by atoms with Crippen LogP contribution in [0.4, 0.5) is 14.6 Å². The number of nitrogens with two attached hydrogens (primary N) is 1. The third-order valence-electron chi connectivity index (χ3n) is 1.53. The Labute approximate surface area is 80.1 Å². The van der Waals surface area contributed by atoms with Crippen LogP contribution in [0, 0.1) is 0 Å². The summed E-state index contributed by atoms with van der Waals surface area (Å²) in [6.07, 6.45) is -0.910. The number of hydrazine groups is 1. The predicted molar refractivity (Wildman–Crippen MR) is 47.7 cm³/mol. The summed E-state index contributed by atoms with van der Waals surface area (Å²) in [5.74, 6) is 5.60. The van der Waals surface area contributed by atoms with Crippen molar-refractivity contribution in [1.82, 2.24) is 4.98 Å². The first kappa shape index (κ1) is 10.8. The van der Waals surface area contributed by atoms with Crippen molar-refractivity contribution in [3.8, 4) is 0 Å². The molecule has 3 N–H and O–H groups in total. The normalized spacial score (nSPS) is 10.6. The first-order valence-electron chi connectivity index (χ1n) is 4.00. The average molecular weight is 203 g/mol. The molecule has 0 radical (unpaired) electrons. The van der Waals surface area contributed by atoms with Crippen molar-refractivity contribution in [2.75, 3.05) is 12.0 Å². The minimum atomic E-state index is -2.46. The Morgan fingerprint density at radius 2 is 2.36 bits per heavy atom. The molecule has 4 nitrogen and oxygen atoms in total. The molecule has 0 aromatic carbocycles. The van der Waals surface area contributed by atoms with E-state index >= 15 is 0 Å². The van der Waals surface area contributed by atoms with Crippen LogP contribution in [-0.4, -0.2) is 18.0 Å². The first-order valence-corrected chi connectivity index (χ1v) is 4.00. The molecule has 0 fully saturated rings. The van der Waals surface area contributed by atoms with Crippen molar-refractivity contribution in [3.63, 3.8) is 0 Å². The number of alkyl halides is 2. The quantitative estimate of drug-likeness (QED) is 0.556. The van der Waals surface area contributed by atoms with E-state index in [1.54, 1.807) is 18.3 Å².